The molecule has 2 aliphatic heterocycles. The Morgan fingerprint density at radius 1 is 1.07 bits per heavy atom. The van der Waals surface area contributed by atoms with E-state index in [1.807, 2.05) is 17.0 Å². The van der Waals surface area contributed by atoms with Gasteiger partial charge in [0.1, 0.15) is 31.2 Å². The number of hydrogen-bond donors (Lipinski definition) is 2. The van der Waals surface area contributed by atoms with Crippen LogP contribution in [-0.4, -0.2) is 74.6 Å². The van der Waals surface area contributed by atoms with Crippen molar-refractivity contribution in [3.8, 4) is 0 Å². The van der Waals surface area contributed by atoms with Crippen LogP contribution in [0.25, 0.3) is 0 Å². The van der Waals surface area contributed by atoms with E-state index >= 15 is 0 Å². The molecule has 5 rings (SSSR count). The molecule has 13 heteroatoms. The topological polar surface area (TPSA) is 119 Å². The molecule has 3 heterocycles. The van der Waals surface area contributed by atoms with Gasteiger partial charge in [-0.15, -0.1) is 10.2 Å². The maximum absolute atomic E-state index is 14.5. The molecule has 0 bridgehead atoms. The Morgan fingerprint density at radius 2 is 1.71 bits per heavy atom. The molecule has 1 spiro atoms. The number of hydrogen-bond acceptors (Lipinski definition) is 7. The van der Waals surface area contributed by atoms with Crippen LogP contribution >= 0.6 is 0 Å². The van der Waals surface area contributed by atoms with Crippen molar-refractivity contribution in [2.45, 2.75) is 84.3 Å². The molecule has 1 aromatic heterocycles. The van der Waals surface area contributed by atoms with Crippen molar-refractivity contribution in [2.24, 2.45) is 10.4 Å². The summed E-state index contributed by atoms with van der Waals surface area (Å²) in [6.07, 6.45) is 2.70. The fourth-order valence-corrected chi connectivity index (χ4v) is 7.77. The van der Waals surface area contributed by atoms with E-state index in [0.29, 0.717) is 30.7 Å². The molecule has 1 saturated heterocycles. The molecule has 2 aliphatic rings. The van der Waals surface area contributed by atoms with Gasteiger partial charge in [-0.25, -0.2) is 8.78 Å². The third kappa shape index (κ3) is 7.36. The van der Waals surface area contributed by atoms with E-state index in [-0.39, 0.29) is 41.1 Å². The highest BCUT2D eigenvalue weighted by Crippen LogP contribution is 2.45. The zero-order valence-electron chi connectivity index (χ0n) is 26.8. The second-order valence-corrected chi connectivity index (χ2v) is 19.2. The van der Waals surface area contributed by atoms with Gasteiger partial charge in [0.15, 0.2) is 5.82 Å². The van der Waals surface area contributed by atoms with Gasteiger partial charge in [-0.2, -0.15) is 5.21 Å². The largest absolute Gasteiger partial charge is 0.345 e. The highest BCUT2D eigenvalue weighted by atomic mass is 28.3. The number of benzene rings is 2. The van der Waals surface area contributed by atoms with Crippen LogP contribution in [0.15, 0.2) is 47.5 Å². The van der Waals surface area contributed by atoms with E-state index in [9.17, 15) is 18.4 Å². The summed E-state index contributed by atoms with van der Waals surface area (Å²) in [5.41, 5.74) is 0.697. The molecule has 10 nitrogen and oxygen atoms in total. The first-order valence-electron chi connectivity index (χ1n) is 15.4. The maximum Gasteiger partial charge on any atom is 0.275 e. The number of nitrogens with one attached hydrogen (secondary N) is 2. The van der Waals surface area contributed by atoms with Crippen molar-refractivity contribution in [3.63, 3.8) is 0 Å². The molecule has 0 unspecified atom stereocenters. The van der Waals surface area contributed by atoms with E-state index in [1.165, 1.54) is 12.1 Å². The van der Waals surface area contributed by atoms with Crippen LogP contribution in [0.3, 0.4) is 0 Å². The summed E-state index contributed by atoms with van der Waals surface area (Å²) >= 11 is 0. The number of halogens is 2. The van der Waals surface area contributed by atoms with Gasteiger partial charge in [0.25, 0.3) is 11.8 Å². The van der Waals surface area contributed by atoms with E-state index in [2.05, 4.69) is 70.9 Å². The Balaban J connectivity index is 1.51. The Morgan fingerprint density at radius 3 is 2.27 bits per heavy atom. The molecule has 2 N–H and O–H groups in total. The minimum atomic E-state index is -1.60. The number of carbonyl (C=O) groups excluding carboxylic acids is 2. The zero-order valence-corrected chi connectivity index (χ0v) is 27.8. The molecule has 0 saturated carbocycles. The van der Waals surface area contributed by atoms with Crippen LogP contribution in [-0.2, 0) is 11.3 Å². The Labute approximate surface area is 263 Å². The summed E-state index contributed by atoms with van der Waals surface area (Å²) in [4.78, 5) is 34.2. The molecule has 1 fully saturated rings. The summed E-state index contributed by atoms with van der Waals surface area (Å²) in [6.45, 7) is 15.1. The van der Waals surface area contributed by atoms with Crippen LogP contribution in [0, 0.1) is 17.0 Å². The minimum absolute atomic E-state index is 0.0141. The standard InChI is InChI=1S/C32H42F2N8O2Si/c1-31(2,3)12-11-26(21-7-9-22(10-8-21)29(43)35-20-27-37-39-40-38-27)42-30(44)28(23-17-24(33)19-25(34)18-23)36-32(42)13-15-41(16-14-32)45(4,5)6/h7-10,17-19,26H,11-16,20H2,1-6H3,(H,35,43)(H,37,38,39,40)/t26-/m1/s1. The molecule has 240 valence electrons. The molecule has 45 heavy (non-hydrogen) atoms. The number of H-pyrrole nitrogens is 1. The SMILES string of the molecule is CC(C)(C)CC[C@H](c1ccc(C(=O)NCc2nn[nH]n2)cc1)N1C(=O)C(c2cc(F)cc(F)c2)=NC12CCN([Si](C)(C)C)CC2. The molecule has 3 aromatic rings. The Kier molecular flexibility index (Phi) is 9.05. The monoisotopic (exact) mass is 636 g/mol. The lowest BCUT2D eigenvalue weighted by atomic mass is 9.85. The lowest BCUT2D eigenvalue weighted by molar-refractivity contribution is -0.133. The summed E-state index contributed by atoms with van der Waals surface area (Å²) in [5.74, 6) is -1.75. The molecule has 2 amide bonds. The number of aromatic nitrogens is 4. The number of nitrogens with zero attached hydrogens (tertiary/aromatic N) is 6. The molecular formula is C32H42F2N8O2Si. The third-order valence-corrected chi connectivity index (χ3v) is 11.0. The molecule has 0 aliphatic carbocycles. The molecule has 2 aromatic carbocycles. The first-order valence-corrected chi connectivity index (χ1v) is 18.9. The number of amides is 2. The van der Waals surface area contributed by atoms with Crippen molar-refractivity contribution < 1.29 is 18.4 Å². The van der Waals surface area contributed by atoms with E-state index in [1.54, 1.807) is 12.1 Å². The quantitative estimate of drug-likeness (QED) is 0.311. The van der Waals surface area contributed by atoms with Gasteiger partial charge in [-0.05, 0) is 61.2 Å². The van der Waals surface area contributed by atoms with Crippen molar-refractivity contribution in [3.05, 3.63) is 76.6 Å². The van der Waals surface area contributed by atoms with Gasteiger partial charge in [0.2, 0.25) is 0 Å². The van der Waals surface area contributed by atoms with Gasteiger partial charge in [0, 0.05) is 30.0 Å². The first-order chi connectivity index (χ1) is 21.1. The lowest BCUT2D eigenvalue weighted by Gasteiger charge is -2.49. The maximum atomic E-state index is 14.5. The predicted octanol–water partition coefficient (Wildman–Crippen LogP) is 5.23. The highest BCUT2D eigenvalue weighted by Gasteiger charge is 2.52. The van der Waals surface area contributed by atoms with Crippen LogP contribution in [0.2, 0.25) is 19.6 Å². The second kappa shape index (κ2) is 12.5. The third-order valence-electron chi connectivity index (χ3n) is 8.67. The van der Waals surface area contributed by atoms with Gasteiger partial charge in [-0.3, -0.25) is 14.6 Å². The normalized spacial score (nSPS) is 17.9. The van der Waals surface area contributed by atoms with Crippen molar-refractivity contribution in [1.82, 2.24) is 35.4 Å². The van der Waals surface area contributed by atoms with E-state index < -0.39 is 25.5 Å². The van der Waals surface area contributed by atoms with Gasteiger partial charge >= 0.3 is 0 Å². The van der Waals surface area contributed by atoms with Crippen LogP contribution in [0.1, 0.15) is 79.8 Å². The number of tetrazole rings is 1. The summed E-state index contributed by atoms with van der Waals surface area (Å²) in [6, 6.07) is 10.1. The van der Waals surface area contributed by atoms with E-state index in [0.717, 1.165) is 31.1 Å². The van der Waals surface area contributed by atoms with Crippen LogP contribution in [0.4, 0.5) is 8.78 Å². The molecule has 1 atom stereocenters. The van der Waals surface area contributed by atoms with Crippen LogP contribution < -0.4 is 5.32 Å². The van der Waals surface area contributed by atoms with Gasteiger partial charge in [0.05, 0.1) is 12.6 Å². The average Bonchev–Trinajstić information content (AvgIpc) is 3.58. The average molecular weight is 637 g/mol. The van der Waals surface area contributed by atoms with Crippen LogP contribution in [0.5, 0.6) is 0 Å². The minimum Gasteiger partial charge on any atom is -0.345 e. The fourth-order valence-electron chi connectivity index (χ4n) is 6.20. The summed E-state index contributed by atoms with van der Waals surface area (Å²) in [7, 11) is -1.60. The van der Waals surface area contributed by atoms with E-state index in [4.69, 9.17) is 4.99 Å². The second-order valence-electron chi connectivity index (χ2n) is 14.2. The smallest absolute Gasteiger partial charge is 0.275 e. The number of aromatic amines is 1. The molecular weight excluding hydrogens is 594 g/mol. The Bertz CT molecular complexity index is 1540. The zero-order chi connectivity index (χ0) is 32.6. The fraction of sp³-hybridized carbons (Fsp3) is 0.500. The highest BCUT2D eigenvalue weighted by molar-refractivity contribution is 6.73. The van der Waals surface area contributed by atoms with Gasteiger partial charge < -0.3 is 14.8 Å². The lowest BCUT2D eigenvalue weighted by Crippen LogP contribution is -2.59. The number of aliphatic imine (C=N–C) groups is 1. The number of rotatable bonds is 9. The Hall–Kier alpha value is -3.84. The number of piperidine rings is 1. The summed E-state index contributed by atoms with van der Waals surface area (Å²) < 4.78 is 31.3. The van der Waals surface area contributed by atoms with Crippen molar-refractivity contribution in [1.29, 1.82) is 0 Å². The number of carbonyl (C=O) groups is 2. The summed E-state index contributed by atoms with van der Waals surface area (Å²) in [5, 5.41) is 16.4. The van der Waals surface area contributed by atoms with Crippen molar-refractivity contribution >= 4 is 25.8 Å². The predicted molar refractivity (Wildman–Crippen MR) is 170 cm³/mol. The first kappa shape index (κ1) is 32.5. The molecule has 0 radical (unpaired) electrons. The van der Waals surface area contributed by atoms with Gasteiger partial charge in [-0.1, -0.05) is 57.8 Å². The van der Waals surface area contributed by atoms with Crippen molar-refractivity contribution in [2.75, 3.05) is 13.1 Å².